The Labute approximate surface area is 132 Å². The first-order valence-electron chi connectivity index (χ1n) is 8.11. The predicted molar refractivity (Wildman–Crippen MR) is 85.3 cm³/mol. The van der Waals surface area contributed by atoms with Gasteiger partial charge in [-0.05, 0) is 36.6 Å². The van der Waals surface area contributed by atoms with Gasteiger partial charge < -0.3 is 14.8 Å². The SMILES string of the molecule is Clc1cc(CNCCC2CCCC2)cc2c1OCCCO2. The molecule has 116 valence electrons. The van der Waals surface area contributed by atoms with Crippen molar-refractivity contribution in [1.29, 1.82) is 0 Å². The van der Waals surface area contributed by atoms with Crippen LogP contribution in [0.2, 0.25) is 5.02 Å². The van der Waals surface area contributed by atoms with Gasteiger partial charge in [0.2, 0.25) is 0 Å². The first-order chi connectivity index (χ1) is 10.3. The summed E-state index contributed by atoms with van der Waals surface area (Å²) in [6.45, 7) is 3.29. The molecule has 1 N–H and O–H groups in total. The van der Waals surface area contributed by atoms with Crippen molar-refractivity contribution in [1.82, 2.24) is 5.32 Å². The van der Waals surface area contributed by atoms with E-state index in [0.29, 0.717) is 24.0 Å². The zero-order chi connectivity index (χ0) is 14.5. The van der Waals surface area contributed by atoms with E-state index in [2.05, 4.69) is 11.4 Å². The summed E-state index contributed by atoms with van der Waals surface area (Å²) in [6, 6.07) is 4.03. The summed E-state index contributed by atoms with van der Waals surface area (Å²) in [5, 5.41) is 4.18. The molecular weight excluding hydrogens is 286 g/mol. The van der Waals surface area contributed by atoms with Crippen molar-refractivity contribution in [3.63, 3.8) is 0 Å². The normalized spacial score (nSPS) is 18.7. The van der Waals surface area contributed by atoms with Crippen LogP contribution in [0.1, 0.15) is 44.1 Å². The maximum atomic E-state index is 6.30. The molecule has 1 fully saturated rings. The quantitative estimate of drug-likeness (QED) is 0.828. The molecular formula is C17H24ClNO2. The third-order valence-electron chi connectivity index (χ3n) is 4.40. The molecule has 0 unspecified atom stereocenters. The zero-order valence-corrected chi connectivity index (χ0v) is 13.3. The zero-order valence-electron chi connectivity index (χ0n) is 12.5. The summed E-state index contributed by atoms with van der Waals surface area (Å²) in [4.78, 5) is 0. The molecule has 4 heteroatoms. The van der Waals surface area contributed by atoms with E-state index in [1.165, 1.54) is 32.1 Å². The van der Waals surface area contributed by atoms with Crippen LogP contribution >= 0.6 is 11.6 Å². The Kier molecular flexibility index (Phi) is 5.26. The standard InChI is InChI=1S/C17H24ClNO2/c18-15-10-14(11-16-17(15)21-9-3-8-20-16)12-19-7-6-13-4-1-2-5-13/h10-11,13,19H,1-9,12H2. The van der Waals surface area contributed by atoms with Gasteiger partial charge in [-0.15, -0.1) is 0 Å². The molecule has 0 spiro atoms. The summed E-state index contributed by atoms with van der Waals surface area (Å²) < 4.78 is 11.4. The van der Waals surface area contributed by atoms with Crippen molar-refractivity contribution in [2.45, 2.75) is 45.1 Å². The van der Waals surface area contributed by atoms with Gasteiger partial charge in [0.15, 0.2) is 11.5 Å². The second kappa shape index (κ2) is 7.37. The Hall–Kier alpha value is -0.930. The highest BCUT2D eigenvalue weighted by molar-refractivity contribution is 6.32. The van der Waals surface area contributed by atoms with Crippen LogP contribution in [0, 0.1) is 5.92 Å². The van der Waals surface area contributed by atoms with Gasteiger partial charge in [-0.1, -0.05) is 37.3 Å². The number of hydrogen-bond acceptors (Lipinski definition) is 3. The molecule has 0 bridgehead atoms. The third-order valence-corrected chi connectivity index (χ3v) is 4.68. The maximum Gasteiger partial charge on any atom is 0.179 e. The first-order valence-corrected chi connectivity index (χ1v) is 8.49. The van der Waals surface area contributed by atoms with E-state index in [1.807, 2.05) is 6.07 Å². The van der Waals surface area contributed by atoms with Crippen molar-refractivity contribution in [2.24, 2.45) is 5.92 Å². The Morgan fingerprint density at radius 2 is 1.90 bits per heavy atom. The van der Waals surface area contributed by atoms with E-state index in [4.69, 9.17) is 21.1 Å². The number of nitrogens with one attached hydrogen (secondary N) is 1. The first kappa shape index (κ1) is 15.0. The van der Waals surface area contributed by atoms with Gasteiger partial charge >= 0.3 is 0 Å². The lowest BCUT2D eigenvalue weighted by molar-refractivity contribution is 0.297. The molecule has 1 saturated carbocycles. The average molecular weight is 310 g/mol. The minimum Gasteiger partial charge on any atom is -0.489 e. The number of hydrogen-bond donors (Lipinski definition) is 1. The molecule has 3 nitrogen and oxygen atoms in total. The molecule has 1 aromatic carbocycles. The van der Waals surface area contributed by atoms with Crippen molar-refractivity contribution in [3.8, 4) is 11.5 Å². The van der Waals surface area contributed by atoms with Crippen LogP contribution in [-0.2, 0) is 6.54 Å². The van der Waals surface area contributed by atoms with Gasteiger partial charge in [0.1, 0.15) is 0 Å². The second-order valence-corrected chi connectivity index (χ2v) is 6.48. The highest BCUT2D eigenvalue weighted by Crippen LogP contribution is 2.38. The van der Waals surface area contributed by atoms with Crippen molar-refractivity contribution in [2.75, 3.05) is 19.8 Å². The maximum absolute atomic E-state index is 6.30. The molecule has 1 aromatic rings. The fourth-order valence-electron chi connectivity index (χ4n) is 3.22. The van der Waals surface area contributed by atoms with Crippen LogP contribution in [0.5, 0.6) is 11.5 Å². The smallest absolute Gasteiger partial charge is 0.179 e. The van der Waals surface area contributed by atoms with Crippen LogP contribution in [0.15, 0.2) is 12.1 Å². The molecule has 0 atom stereocenters. The fourth-order valence-corrected chi connectivity index (χ4v) is 3.51. The van der Waals surface area contributed by atoms with Gasteiger partial charge in [-0.25, -0.2) is 0 Å². The highest BCUT2D eigenvalue weighted by atomic mass is 35.5. The number of benzene rings is 1. The summed E-state index contributed by atoms with van der Waals surface area (Å²) in [5.74, 6) is 2.42. The summed E-state index contributed by atoms with van der Waals surface area (Å²) in [6.07, 6.45) is 7.86. The largest absolute Gasteiger partial charge is 0.489 e. The number of rotatable bonds is 5. The molecule has 1 heterocycles. The molecule has 2 aliphatic rings. The molecule has 1 aliphatic heterocycles. The number of fused-ring (bicyclic) bond motifs is 1. The van der Waals surface area contributed by atoms with Gasteiger partial charge in [-0.2, -0.15) is 0 Å². The van der Waals surface area contributed by atoms with Gasteiger partial charge in [0.05, 0.1) is 18.2 Å². The molecule has 0 amide bonds. The van der Waals surface area contributed by atoms with E-state index < -0.39 is 0 Å². The summed E-state index contributed by atoms with van der Waals surface area (Å²) >= 11 is 6.30. The van der Waals surface area contributed by atoms with E-state index >= 15 is 0 Å². The third kappa shape index (κ3) is 4.04. The van der Waals surface area contributed by atoms with Crippen molar-refractivity contribution >= 4 is 11.6 Å². The van der Waals surface area contributed by atoms with E-state index in [0.717, 1.165) is 36.7 Å². The van der Waals surface area contributed by atoms with Crippen LogP contribution in [0.3, 0.4) is 0 Å². The molecule has 0 saturated heterocycles. The number of ether oxygens (including phenoxy) is 2. The lowest BCUT2D eigenvalue weighted by atomic mass is 10.0. The minimum absolute atomic E-state index is 0.655. The van der Waals surface area contributed by atoms with E-state index in [9.17, 15) is 0 Å². The summed E-state index contributed by atoms with van der Waals surface area (Å²) in [5.41, 5.74) is 1.16. The second-order valence-electron chi connectivity index (χ2n) is 6.07. The van der Waals surface area contributed by atoms with E-state index in [-0.39, 0.29) is 0 Å². The lowest BCUT2D eigenvalue weighted by Gasteiger charge is -2.13. The predicted octanol–water partition coefficient (Wildman–Crippen LogP) is 4.17. The van der Waals surface area contributed by atoms with Crippen LogP contribution in [0.25, 0.3) is 0 Å². The van der Waals surface area contributed by atoms with Gasteiger partial charge in [0.25, 0.3) is 0 Å². The molecule has 0 aromatic heterocycles. The Bertz CT molecular complexity index is 472. The number of halogens is 1. The molecule has 1 aliphatic carbocycles. The summed E-state index contributed by atoms with van der Waals surface area (Å²) in [7, 11) is 0. The van der Waals surface area contributed by atoms with E-state index in [1.54, 1.807) is 0 Å². The lowest BCUT2D eigenvalue weighted by Crippen LogP contribution is -2.17. The molecule has 3 rings (SSSR count). The van der Waals surface area contributed by atoms with Gasteiger partial charge in [0, 0.05) is 13.0 Å². The fraction of sp³-hybridized carbons (Fsp3) is 0.647. The Balaban J connectivity index is 1.53. The highest BCUT2D eigenvalue weighted by Gasteiger charge is 2.16. The Morgan fingerprint density at radius 1 is 1.10 bits per heavy atom. The van der Waals surface area contributed by atoms with Gasteiger partial charge in [-0.3, -0.25) is 0 Å². The van der Waals surface area contributed by atoms with Crippen LogP contribution in [0.4, 0.5) is 0 Å². The van der Waals surface area contributed by atoms with Crippen molar-refractivity contribution < 1.29 is 9.47 Å². The van der Waals surface area contributed by atoms with Crippen LogP contribution < -0.4 is 14.8 Å². The van der Waals surface area contributed by atoms with Crippen LogP contribution in [-0.4, -0.2) is 19.8 Å². The monoisotopic (exact) mass is 309 g/mol. The minimum atomic E-state index is 0.655. The topological polar surface area (TPSA) is 30.5 Å². The average Bonchev–Trinajstić information content (AvgIpc) is 2.87. The van der Waals surface area contributed by atoms with Crippen molar-refractivity contribution in [3.05, 3.63) is 22.7 Å². The molecule has 0 radical (unpaired) electrons. The molecule has 21 heavy (non-hydrogen) atoms. The Morgan fingerprint density at radius 3 is 2.76 bits per heavy atom.